The van der Waals surface area contributed by atoms with E-state index < -0.39 is 0 Å². The van der Waals surface area contributed by atoms with Crippen LogP contribution in [0, 0.1) is 11.3 Å². The fourth-order valence-corrected chi connectivity index (χ4v) is 4.73. The number of ether oxygens (including phenoxy) is 1. The normalized spacial score (nSPS) is 37.9. The summed E-state index contributed by atoms with van der Waals surface area (Å²) in [6.45, 7) is 1.20. The fraction of sp³-hybridized carbons (Fsp3) is 0.941. The third-order valence-corrected chi connectivity index (χ3v) is 6.36. The topological polar surface area (TPSA) is 38.3 Å². The van der Waals surface area contributed by atoms with Crippen LogP contribution in [0.5, 0.6) is 0 Å². The molecule has 0 heterocycles. The number of rotatable bonds is 4. The Labute approximate surface area is 122 Å². The summed E-state index contributed by atoms with van der Waals surface area (Å²) >= 11 is 0. The second kappa shape index (κ2) is 5.67. The second-order valence-electron chi connectivity index (χ2n) is 7.44. The average molecular weight is 279 g/mol. The van der Waals surface area contributed by atoms with E-state index in [9.17, 15) is 4.79 Å². The van der Waals surface area contributed by atoms with Crippen LogP contribution in [0.3, 0.4) is 0 Å². The summed E-state index contributed by atoms with van der Waals surface area (Å²) in [6, 6.07) is 0. The van der Waals surface area contributed by atoms with Gasteiger partial charge in [-0.3, -0.25) is 4.79 Å². The smallest absolute Gasteiger partial charge is 0.311 e. The number of methoxy groups -OCH3 is 1. The molecule has 0 spiro atoms. The van der Waals surface area contributed by atoms with E-state index in [0.29, 0.717) is 5.54 Å². The molecule has 0 amide bonds. The van der Waals surface area contributed by atoms with Gasteiger partial charge < -0.3 is 10.1 Å². The van der Waals surface area contributed by atoms with Gasteiger partial charge in [0.1, 0.15) is 0 Å². The summed E-state index contributed by atoms with van der Waals surface area (Å²) in [6.07, 6.45) is 13.7. The van der Waals surface area contributed by atoms with E-state index in [-0.39, 0.29) is 11.4 Å². The van der Waals surface area contributed by atoms with E-state index in [4.69, 9.17) is 4.74 Å². The molecular weight excluding hydrogens is 250 g/mol. The summed E-state index contributed by atoms with van der Waals surface area (Å²) < 4.78 is 5.04. The fourth-order valence-electron chi connectivity index (χ4n) is 4.73. The zero-order valence-electron chi connectivity index (χ0n) is 12.9. The van der Waals surface area contributed by atoms with Gasteiger partial charge in [-0.25, -0.2) is 0 Å². The van der Waals surface area contributed by atoms with Crippen molar-refractivity contribution in [2.75, 3.05) is 13.7 Å². The maximum absolute atomic E-state index is 12.0. The Hall–Kier alpha value is -0.570. The van der Waals surface area contributed by atoms with Gasteiger partial charge in [0.25, 0.3) is 0 Å². The number of nitrogens with one attached hydrogen (secondary N) is 1. The molecule has 0 aromatic carbocycles. The van der Waals surface area contributed by atoms with Crippen LogP contribution in [0.2, 0.25) is 0 Å². The summed E-state index contributed by atoms with van der Waals surface area (Å²) in [5.74, 6) is 0.936. The first-order valence-electron chi connectivity index (χ1n) is 8.52. The van der Waals surface area contributed by atoms with Gasteiger partial charge in [0.15, 0.2) is 0 Å². The molecule has 1 N–H and O–H groups in total. The minimum atomic E-state index is -0.136. The van der Waals surface area contributed by atoms with Crippen molar-refractivity contribution in [2.45, 2.75) is 76.2 Å². The summed E-state index contributed by atoms with van der Waals surface area (Å²) in [4.78, 5) is 12.0. The number of carbonyl (C=O) groups excluding carboxylic acids is 1. The first kappa shape index (κ1) is 14.4. The molecule has 0 radical (unpaired) electrons. The Balaban J connectivity index is 1.53. The monoisotopic (exact) mass is 279 g/mol. The lowest BCUT2D eigenvalue weighted by molar-refractivity contribution is -0.160. The maximum Gasteiger partial charge on any atom is 0.311 e. The number of fused-ring (bicyclic) bond motifs is 3. The quantitative estimate of drug-likeness (QED) is 0.801. The second-order valence-corrected chi connectivity index (χ2v) is 7.44. The number of hydrogen-bond acceptors (Lipinski definition) is 3. The number of esters is 1. The standard InChI is InChI=1S/C17H29NO2/c1-20-15(19)16-7-10-17(11-8-16,12-9-16)18-13-14-5-3-2-4-6-14/h14,18H,2-13H2,1H3. The molecule has 3 nitrogen and oxygen atoms in total. The van der Waals surface area contributed by atoms with Crippen molar-refractivity contribution in [1.29, 1.82) is 0 Å². The lowest BCUT2D eigenvalue weighted by Crippen LogP contribution is -2.57. The van der Waals surface area contributed by atoms with Crippen LogP contribution < -0.4 is 5.32 Å². The Morgan fingerprint density at radius 3 is 2.20 bits per heavy atom. The molecule has 114 valence electrons. The van der Waals surface area contributed by atoms with Crippen molar-refractivity contribution in [2.24, 2.45) is 11.3 Å². The highest BCUT2D eigenvalue weighted by atomic mass is 16.5. The predicted molar refractivity (Wildman–Crippen MR) is 79.5 cm³/mol. The van der Waals surface area contributed by atoms with Crippen molar-refractivity contribution < 1.29 is 9.53 Å². The van der Waals surface area contributed by atoms with Gasteiger partial charge in [-0.15, -0.1) is 0 Å². The average Bonchev–Trinajstić information content (AvgIpc) is 2.55. The number of carbonyl (C=O) groups is 1. The minimum Gasteiger partial charge on any atom is -0.469 e. The summed E-state index contributed by atoms with van der Waals surface area (Å²) in [5.41, 5.74) is 0.205. The van der Waals surface area contributed by atoms with Gasteiger partial charge >= 0.3 is 5.97 Å². The molecule has 4 aliphatic carbocycles. The molecule has 0 saturated heterocycles. The zero-order chi connectivity index (χ0) is 14.1. The molecule has 4 fully saturated rings. The van der Waals surface area contributed by atoms with Crippen LogP contribution >= 0.6 is 0 Å². The van der Waals surface area contributed by atoms with Gasteiger partial charge in [0.05, 0.1) is 12.5 Å². The molecule has 0 aromatic heterocycles. The van der Waals surface area contributed by atoms with Gasteiger partial charge in [0.2, 0.25) is 0 Å². The molecule has 2 bridgehead atoms. The van der Waals surface area contributed by atoms with E-state index in [1.165, 1.54) is 45.8 Å². The zero-order valence-corrected chi connectivity index (χ0v) is 12.9. The van der Waals surface area contributed by atoms with E-state index in [2.05, 4.69) is 5.32 Å². The van der Waals surface area contributed by atoms with Gasteiger partial charge in [-0.2, -0.15) is 0 Å². The first-order valence-corrected chi connectivity index (χ1v) is 8.52. The molecule has 20 heavy (non-hydrogen) atoms. The van der Waals surface area contributed by atoms with E-state index in [1.54, 1.807) is 0 Å². The molecule has 0 aliphatic heterocycles. The highest BCUT2D eigenvalue weighted by Crippen LogP contribution is 2.52. The molecular formula is C17H29NO2. The Morgan fingerprint density at radius 1 is 1.05 bits per heavy atom. The van der Waals surface area contributed by atoms with Crippen molar-refractivity contribution in [3.05, 3.63) is 0 Å². The van der Waals surface area contributed by atoms with Crippen molar-refractivity contribution in [1.82, 2.24) is 5.32 Å². The van der Waals surface area contributed by atoms with Crippen LogP contribution in [0.25, 0.3) is 0 Å². The molecule has 0 atom stereocenters. The van der Waals surface area contributed by atoms with Crippen LogP contribution in [0.4, 0.5) is 0 Å². The Bertz CT molecular complexity index is 335. The Kier molecular flexibility index (Phi) is 4.07. The highest BCUT2D eigenvalue weighted by molar-refractivity contribution is 5.77. The molecule has 4 rings (SSSR count). The van der Waals surface area contributed by atoms with Gasteiger partial charge in [-0.1, -0.05) is 19.3 Å². The van der Waals surface area contributed by atoms with Crippen LogP contribution in [0.15, 0.2) is 0 Å². The van der Waals surface area contributed by atoms with E-state index in [1.807, 2.05) is 0 Å². The third kappa shape index (κ3) is 2.61. The lowest BCUT2D eigenvalue weighted by Gasteiger charge is -2.52. The first-order chi connectivity index (χ1) is 9.68. The molecule has 4 aliphatic rings. The van der Waals surface area contributed by atoms with E-state index >= 15 is 0 Å². The van der Waals surface area contributed by atoms with Crippen molar-refractivity contribution in [3.8, 4) is 0 Å². The SMILES string of the molecule is COC(=O)C12CCC(NCC3CCCCC3)(CC1)CC2. The van der Waals surface area contributed by atoms with Crippen molar-refractivity contribution in [3.63, 3.8) is 0 Å². The molecule has 0 aromatic rings. The number of hydrogen-bond donors (Lipinski definition) is 1. The minimum absolute atomic E-state index is 0.0399. The molecule has 4 saturated carbocycles. The Morgan fingerprint density at radius 2 is 1.65 bits per heavy atom. The van der Waals surface area contributed by atoms with Gasteiger partial charge in [0, 0.05) is 5.54 Å². The molecule has 3 heteroatoms. The van der Waals surface area contributed by atoms with Crippen molar-refractivity contribution >= 4 is 5.97 Å². The summed E-state index contributed by atoms with van der Waals surface area (Å²) in [7, 11) is 1.54. The lowest BCUT2D eigenvalue weighted by atomic mass is 9.57. The third-order valence-electron chi connectivity index (χ3n) is 6.36. The summed E-state index contributed by atoms with van der Waals surface area (Å²) in [5, 5.41) is 3.91. The molecule has 0 unspecified atom stereocenters. The van der Waals surface area contributed by atoms with Gasteiger partial charge in [-0.05, 0) is 63.8 Å². The largest absolute Gasteiger partial charge is 0.469 e. The highest BCUT2D eigenvalue weighted by Gasteiger charge is 2.52. The predicted octanol–water partition coefficient (Wildman–Crippen LogP) is 3.42. The van der Waals surface area contributed by atoms with Crippen LogP contribution in [-0.4, -0.2) is 25.2 Å². The van der Waals surface area contributed by atoms with E-state index in [0.717, 1.165) is 44.4 Å². The van der Waals surface area contributed by atoms with Crippen LogP contribution in [-0.2, 0) is 9.53 Å². The van der Waals surface area contributed by atoms with Crippen LogP contribution in [0.1, 0.15) is 70.6 Å². The maximum atomic E-state index is 12.0.